The highest BCUT2D eigenvalue weighted by Gasteiger charge is 2.38. The van der Waals surface area contributed by atoms with E-state index in [1.807, 2.05) is 31.2 Å². The third kappa shape index (κ3) is 8.47. The van der Waals surface area contributed by atoms with E-state index >= 15 is 0 Å². The average molecular weight is 1020 g/mol. The number of nitrogens with zero attached hydrogens (tertiary/aromatic N) is 1. The van der Waals surface area contributed by atoms with Crippen LogP contribution in [0.4, 0.5) is 22.7 Å². The minimum Gasteiger partial charge on any atom is -0.399 e. The van der Waals surface area contributed by atoms with Gasteiger partial charge < -0.3 is 10.6 Å². The molecule has 3 aliphatic rings. The fourth-order valence-corrected chi connectivity index (χ4v) is 12.3. The molecular formula is C71H63BrN2. The number of benzene rings is 10. The molecule has 0 amide bonds. The maximum atomic E-state index is 5.77. The molecular weight excluding hydrogens is 961 g/mol. The lowest BCUT2D eigenvalue weighted by atomic mass is 9.82. The van der Waals surface area contributed by atoms with Gasteiger partial charge >= 0.3 is 0 Å². The minimum atomic E-state index is -0.0681. The zero-order valence-electron chi connectivity index (χ0n) is 43.8. The van der Waals surface area contributed by atoms with E-state index in [-0.39, 0.29) is 16.2 Å². The molecule has 0 aromatic heterocycles. The second-order valence-corrected chi connectivity index (χ2v) is 22.7. The Bertz CT molecular complexity index is 3640. The number of nitrogen functional groups attached to an aromatic ring is 1. The summed E-state index contributed by atoms with van der Waals surface area (Å²) in [6.07, 6.45) is 0. The molecule has 0 spiro atoms. The Balaban J connectivity index is 0.000000158. The van der Waals surface area contributed by atoms with Crippen molar-refractivity contribution in [3.63, 3.8) is 0 Å². The van der Waals surface area contributed by atoms with E-state index in [0.29, 0.717) is 0 Å². The van der Waals surface area contributed by atoms with Crippen molar-refractivity contribution in [2.24, 2.45) is 0 Å². The van der Waals surface area contributed by atoms with Crippen LogP contribution >= 0.6 is 15.9 Å². The summed E-state index contributed by atoms with van der Waals surface area (Å²) in [5, 5.41) is 0. The van der Waals surface area contributed by atoms with Crippen molar-refractivity contribution < 1.29 is 0 Å². The van der Waals surface area contributed by atoms with Crippen LogP contribution in [0.2, 0.25) is 0 Å². The SMILES string of the molecule is CC1(C)c2ccccc2-c2ccc(Br)cc21.Cc1cc(-c2ccccc2)ccc1N.Cc1cc(-c2ccccc2)ccc1N(c1ccc2c(c1)C(C)(C)c1ccccc1-2)c1ccc2c(c1)C(C)(C)c1ccccc1-2. The van der Waals surface area contributed by atoms with Gasteiger partial charge in [0.2, 0.25) is 0 Å². The van der Waals surface area contributed by atoms with Gasteiger partial charge in [0, 0.05) is 43.5 Å². The summed E-state index contributed by atoms with van der Waals surface area (Å²) in [6.45, 7) is 18.3. The van der Waals surface area contributed by atoms with Crippen LogP contribution in [-0.2, 0) is 16.2 Å². The van der Waals surface area contributed by atoms with E-state index < -0.39 is 0 Å². The smallest absolute Gasteiger partial charge is 0.0491 e. The zero-order valence-corrected chi connectivity index (χ0v) is 45.4. The van der Waals surface area contributed by atoms with E-state index in [4.69, 9.17) is 5.73 Å². The highest BCUT2D eigenvalue weighted by Crippen LogP contribution is 2.54. The van der Waals surface area contributed by atoms with Crippen LogP contribution in [0, 0.1) is 13.8 Å². The molecule has 0 saturated carbocycles. The Hall–Kier alpha value is -7.72. The molecule has 2 nitrogen and oxygen atoms in total. The summed E-state index contributed by atoms with van der Waals surface area (Å²) in [7, 11) is 0. The van der Waals surface area contributed by atoms with Crippen molar-refractivity contribution in [3.8, 4) is 55.6 Å². The van der Waals surface area contributed by atoms with E-state index in [2.05, 4.69) is 269 Å². The van der Waals surface area contributed by atoms with Crippen LogP contribution in [0.5, 0.6) is 0 Å². The van der Waals surface area contributed by atoms with E-state index in [9.17, 15) is 0 Å². The molecule has 0 aliphatic heterocycles. The van der Waals surface area contributed by atoms with Crippen LogP contribution in [0.1, 0.15) is 86.1 Å². The summed E-state index contributed by atoms with van der Waals surface area (Å²) in [5.74, 6) is 0. The lowest BCUT2D eigenvalue weighted by Crippen LogP contribution is -2.18. The van der Waals surface area contributed by atoms with Crippen molar-refractivity contribution in [3.05, 3.63) is 273 Å². The number of hydrogen-bond acceptors (Lipinski definition) is 2. The topological polar surface area (TPSA) is 29.3 Å². The molecule has 0 heterocycles. The van der Waals surface area contributed by atoms with Gasteiger partial charge in [0.25, 0.3) is 0 Å². The van der Waals surface area contributed by atoms with E-state index in [0.717, 1.165) is 15.7 Å². The predicted octanol–water partition coefficient (Wildman–Crippen LogP) is 19.7. The molecule has 0 radical (unpaired) electrons. The largest absolute Gasteiger partial charge is 0.399 e. The van der Waals surface area contributed by atoms with Crippen LogP contribution in [0.3, 0.4) is 0 Å². The fraction of sp³-hybridized carbons (Fsp3) is 0.155. The van der Waals surface area contributed by atoms with Gasteiger partial charge in [-0.05, 0) is 175 Å². The standard InChI is InChI=1S/C43H37N.C15H13Br.C13H13N/c1-28-25-30(29-13-7-6-8-14-29)19-24-41(28)44(31-20-22-35-33-15-9-11-17-37(33)42(2,3)39(35)26-31)32-21-23-36-34-16-10-12-18-38(34)43(4,5)40(36)27-32;1-15(2)13-6-4-3-5-11(13)12-8-7-10(16)9-14(12)15;1-10-9-12(7-8-13(10)14)11-5-3-2-4-6-11/h6-27H,1-5H3;3-9H,1-2H3;2-9H,14H2,1H3. The van der Waals surface area contributed by atoms with Gasteiger partial charge in [-0.2, -0.15) is 0 Å². The normalized spacial score (nSPS) is 14.1. The highest BCUT2D eigenvalue weighted by atomic mass is 79.9. The van der Waals surface area contributed by atoms with Gasteiger partial charge in [-0.25, -0.2) is 0 Å². The highest BCUT2D eigenvalue weighted by molar-refractivity contribution is 9.10. The van der Waals surface area contributed by atoms with Gasteiger partial charge in [-0.1, -0.05) is 221 Å². The Labute approximate surface area is 447 Å². The molecule has 0 atom stereocenters. The van der Waals surface area contributed by atoms with Crippen LogP contribution in [0.25, 0.3) is 55.6 Å². The van der Waals surface area contributed by atoms with Crippen molar-refractivity contribution in [2.45, 2.75) is 71.6 Å². The van der Waals surface area contributed by atoms with E-state index in [1.54, 1.807) is 0 Å². The lowest BCUT2D eigenvalue weighted by molar-refractivity contribution is 0.660. The quantitative estimate of drug-likeness (QED) is 0.174. The first-order valence-electron chi connectivity index (χ1n) is 25.9. The number of nitrogens with two attached hydrogens (primary N) is 1. The summed E-state index contributed by atoms with van der Waals surface area (Å²) < 4.78 is 1.16. The first kappa shape index (κ1) is 48.5. The second-order valence-electron chi connectivity index (χ2n) is 21.8. The Kier molecular flexibility index (Phi) is 12.4. The number of hydrogen-bond donors (Lipinski definition) is 1. The second kappa shape index (κ2) is 19.0. The number of rotatable bonds is 5. The van der Waals surface area contributed by atoms with Gasteiger partial charge in [0.15, 0.2) is 0 Å². The maximum Gasteiger partial charge on any atom is 0.0491 e. The van der Waals surface area contributed by atoms with Gasteiger partial charge in [-0.3, -0.25) is 0 Å². The Morgan fingerprint density at radius 3 is 1.12 bits per heavy atom. The molecule has 13 rings (SSSR count). The van der Waals surface area contributed by atoms with E-state index in [1.165, 1.54) is 112 Å². The van der Waals surface area contributed by atoms with Crippen molar-refractivity contribution in [2.75, 3.05) is 10.6 Å². The Morgan fingerprint density at radius 1 is 0.324 bits per heavy atom. The summed E-state index contributed by atoms with van der Waals surface area (Å²) in [4.78, 5) is 2.47. The van der Waals surface area contributed by atoms with Crippen molar-refractivity contribution >= 4 is 38.7 Å². The minimum absolute atomic E-state index is 0.0681. The van der Waals surface area contributed by atoms with Crippen LogP contribution < -0.4 is 10.6 Å². The number of halogens is 1. The third-order valence-electron chi connectivity index (χ3n) is 16.1. The monoisotopic (exact) mass is 1020 g/mol. The number of aryl methyl sites for hydroxylation is 2. The van der Waals surface area contributed by atoms with Crippen molar-refractivity contribution in [1.82, 2.24) is 0 Å². The first-order chi connectivity index (χ1) is 35.6. The molecule has 2 N–H and O–H groups in total. The summed E-state index contributed by atoms with van der Waals surface area (Å²) in [6, 6.07) is 81.3. The van der Waals surface area contributed by atoms with Gasteiger partial charge in [-0.15, -0.1) is 0 Å². The van der Waals surface area contributed by atoms with Crippen molar-refractivity contribution in [1.29, 1.82) is 0 Å². The summed E-state index contributed by atoms with van der Waals surface area (Å²) in [5.41, 5.74) is 34.1. The fourth-order valence-electron chi connectivity index (χ4n) is 12.0. The molecule has 0 bridgehead atoms. The van der Waals surface area contributed by atoms with Crippen LogP contribution in [-0.4, -0.2) is 0 Å². The molecule has 10 aromatic carbocycles. The van der Waals surface area contributed by atoms with Crippen LogP contribution in [0.15, 0.2) is 229 Å². The molecule has 74 heavy (non-hydrogen) atoms. The molecule has 3 aliphatic carbocycles. The predicted molar refractivity (Wildman–Crippen MR) is 319 cm³/mol. The molecule has 10 aromatic rings. The number of fused-ring (bicyclic) bond motifs is 9. The molecule has 0 unspecified atom stereocenters. The lowest BCUT2D eigenvalue weighted by Gasteiger charge is -2.31. The molecule has 364 valence electrons. The van der Waals surface area contributed by atoms with Gasteiger partial charge in [0.05, 0.1) is 0 Å². The molecule has 0 fully saturated rings. The summed E-state index contributed by atoms with van der Waals surface area (Å²) >= 11 is 3.56. The molecule has 3 heteroatoms. The zero-order chi connectivity index (χ0) is 51.5. The number of anilines is 4. The Morgan fingerprint density at radius 2 is 0.689 bits per heavy atom. The maximum absolute atomic E-state index is 5.77. The third-order valence-corrected chi connectivity index (χ3v) is 16.6. The van der Waals surface area contributed by atoms with Gasteiger partial charge in [0.1, 0.15) is 0 Å². The molecule has 0 saturated heterocycles. The first-order valence-corrected chi connectivity index (χ1v) is 26.7. The average Bonchev–Trinajstić information content (AvgIpc) is 3.90.